The molecule has 0 radical (unpaired) electrons. The Bertz CT molecular complexity index is 1930. The van der Waals surface area contributed by atoms with Crippen molar-refractivity contribution < 1.29 is 23.4 Å². The van der Waals surface area contributed by atoms with E-state index >= 15 is 0 Å². The second-order valence-electron chi connectivity index (χ2n) is 12.1. The van der Waals surface area contributed by atoms with Gasteiger partial charge in [-0.05, 0) is 85.7 Å². The van der Waals surface area contributed by atoms with Gasteiger partial charge in [0.2, 0.25) is 0 Å². The molecule has 1 aliphatic heterocycles. The summed E-state index contributed by atoms with van der Waals surface area (Å²) >= 11 is 7.09. The number of aromatic nitrogens is 3. The van der Waals surface area contributed by atoms with E-state index in [1.807, 2.05) is 49.0 Å². The number of nitrogens with zero attached hydrogens (tertiary/aromatic N) is 3. The van der Waals surface area contributed by atoms with Crippen LogP contribution in [0.4, 0.5) is 4.39 Å². The molecule has 2 atom stereocenters. The lowest BCUT2D eigenvalue weighted by atomic mass is 9.97. The highest BCUT2D eigenvalue weighted by Crippen LogP contribution is 2.47. The topological polar surface area (TPSA) is 67.5 Å². The largest absolute Gasteiger partial charge is 0.493 e. The first-order valence-electron chi connectivity index (χ1n) is 15.8. The fourth-order valence-corrected chi connectivity index (χ4v) is 7.32. The van der Waals surface area contributed by atoms with Crippen LogP contribution in [0.5, 0.6) is 5.75 Å². The predicted molar refractivity (Wildman–Crippen MR) is 173 cm³/mol. The zero-order valence-electron chi connectivity index (χ0n) is 25.9. The Balaban J connectivity index is 1.33. The van der Waals surface area contributed by atoms with Crippen LogP contribution in [0.2, 0.25) is 5.02 Å². The van der Waals surface area contributed by atoms with Crippen LogP contribution in [0.15, 0.2) is 48.5 Å². The first-order chi connectivity index (χ1) is 21.9. The van der Waals surface area contributed by atoms with Crippen LogP contribution in [-0.4, -0.2) is 40.1 Å². The van der Waals surface area contributed by atoms with E-state index in [0.717, 1.165) is 62.6 Å². The second kappa shape index (κ2) is 12.1. The van der Waals surface area contributed by atoms with Gasteiger partial charge in [-0.2, -0.15) is 5.10 Å². The van der Waals surface area contributed by atoms with Crippen molar-refractivity contribution in [1.29, 1.82) is 0 Å². The molecule has 2 aromatic heterocycles. The summed E-state index contributed by atoms with van der Waals surface area (Å²) in [5.41, 5.74) is 6.30. The van der Waals surface area contributed by atoms with Crippen molar-refractivity contribution in [2.75, 3.05) is 19.8 Å². The Morgan fingerprint density at radius 1 is 1.11 bits per heavy atom. The number of fused-ring (bicyclic) bond motifs is 4. The van der Waals surface area contributed by atoms with Gasteiger partial charge in [-0.1, -0.05) is 36.7 Å². The molecule has 0 saturated heterocycles. The Labute approximate surface area is 266 Å². The van der Waals surface area contributed by atoms with Gasteiger partial charge in [-0.25, -0.2) is 9.18 Å². The molecule has 0 bridgehead atoms. The van der Waals surface area contributed by atoms with Crippen LogP contribution >= 0.6 is 11.6 Å². The molecular weight excluding hydrogens is 593 g/mol. The maximum atomic E-state index is 13.8. The van der Waals surface area contributed by atoms with E-state index < -0.39 is 0 Å². The fraction of sp³-hybridized carbons (Fsp3) is 0.389. The summed E-state index contributed by atoms with van der Waals surface area (Å²) in [5.74, 6) is 0.940. The van der Waals surface area contributed by atoms with Crippen molar-refractivity contribution in [3.8, 4) is 16.9 Å². The van der Waals surface area contributed by atoms with E-state index in [4.69, 9.17) is 30.9 Å². The lowest BCUT2D eigenvalue weighted by Crippen LogP contribution is -2.16. The van der Waals surface area contributed by atoms with Crippen LogP contribution in [0.3, 0.4) is 0 Å². The van der Waals surface area contributed by atoms with Crippen LogP contribution in [0.1, 0.15) is 54.1 Å². The Hall–Kier alpha value is -3.88. The van der Waals surface area contributed by atoms with E-state index in [2.05, 4.69) is 11.5 Å². The third-order valence-electron chi connectivity index (χ3n) is 9.26. The molecule has 0 amide bonds. The van der Waals surface area contributed by atoms with Gasteiger partial charge < -0.3 is 18.8 Å². The monoisotopic (exact) mass is 629 g/mol. The maximum absolute atomic E-state index is 13.8. The molecule has 0 spiro atoms. The first kappa shape index (κ1) is 29.8. The number of carbonyl (C=O) groups excluding carboxylic acids is 1. The normalized spacial score (nSPS) is 17.5. The highest BCUT2D eigenvalue weighted by Gasteiger charge is 2.40. The number of rotatable bonds is 8. The van der Waals surface area contributed by atoms with E-state index in [1.54, 1.807) is 6.07 Å². The fourth-order valence-electron chi connectivity index (χ4n) is 7.08. The SMILES string of the molecule is CCOC(=O)c1c(CCCOc2cccc3cc(F)ccc23)c2ccc(Cl)c3c2n1CC1CC1COCc1nn(C)c(CC)c1-3. The van der Waals surface area contributed by atoms with Gasteiger partial charge in [0.05, 0.1) is 42.7 Å². The smallest absolute Gasteiger partial charge is 0.355 e. The number of hydrogen-bond acceptors (Lipinski definition) is 5. The third kappa shape index (κ3) is 5.38. The Morgan fingerprint density at radius 2 is 1.96 bits per heavy atom. The van der Waals surface area contributed by atoms with Crippen molar-refractivity contribution >= 4 is 39.2 Å². The number of hydrogen-bond donors (Lipinski definition) is 0. The number of ether oxygens (including phenoxy) is 3. The molecule has 7 rings (SSSR count). The molecule has 5 aromatic rings. The van der Waals surface area contributed by atoms with Gasteiger partial charge in [0.1, 0.15) is 17.3 Å². The average Bonchev–Trinajstić information content (AvgIpc) is 3.58. The Morgan fingerprint density at radius 3 is 2.78 bits per heavy atom. The van der Waals surface area contributed by atoms with Gasteiger partial charge in [-0.15, -0.1) is 0 Å². The van der Waals surface area contributed by atoms with Gasteiger partial charge in [0.15, 0.2) is 0 Å². The van der Waals surface area contributed by atoms with Crippen molar-refractivity contribution in [3.63, 3.8) is 0 Å². The van der Waals surface area contributed by atoms with Crippen LogP contribution in [0, 0.1) is 17.7 Å². The molecule has 0 N–H and O–H groups in total. The van der Waals surface area contributed by atoms with Crippen molar-refractivity contribution in [2.24, 2.45) is 18.9 Å². The highest BCUT2D eigenvalue weighted by atomic mass is 35.5. The number of esters is 1. The number of halogens is 2. The molecule has 2 unspecified atom stereocenters. The third-order valence-corrected chi connectivity index (χ3v) is 9.57. The molecule has 234 valence electrons. The van der Waals surface area contributed by atoms with E-state index in [-0.39, 0.29) is 18.4 Å². The van der Waals surface area contributed by atoms with Gasteiger partial charge >= 0.3 is 5.97 Å². The average molecular weight is 630 g/mol. The van der Waals surface area contributed by atoms with Crippen LogP contribution in [-0.2, 0) is 42.5 Å². The molecule has 2 aliphatic rings. The quantitative estimate of drug-likeness (QED) is 0.129. The summed E-state index contributed by atoms with van der Waals surface area (Å²) in [6.07, 6.45) is 3.09. The molecule has 1 fully saturated rings. The summed E-state index contributed by atoms with van der Waals surface area (Å²) in [5, 5.41) is 8.14. The van der Waals surface area contributed by atoms with E-state index in [0.29, 0.717) is 67.5 Å². The lowest BCUT2D eigenvalue weighted by molar-refractivity contribution is 0.0512. The number of aryl methyl sites for hydroxylation is 2. The van der Waals surface area contributed by atoms with Crippen molar-refractivity contribution in [3.05, 3.63) is 82.0 Å². The number of carbonyl (C=O) groups is 1. The van der Waals surface area contributed by atoms with E-state index in [1.165, 1.54) is 12.1 Å². The molecule has 1 saturated carbocycles. The standard InChI is InChI=1S/C36H37ClFN3O4/c1-4-30-33-29(39-40(30)3)20-43-19-23-16-22(23)18-41-34-27(13-14-28(37)32(33)34)26(35(41)36(42)44-5-2)9-7-15-45-31-10-6-8-21-17-24(38)11-12-25(21)31/h6,8,10-14,17,22-23H,4-5,7,9,15-16,18-20H2,1-3H3. The van der Waals surface area contributed by atoms with Gasteiger partial charge in [0.25, 0.3) is 0 Å². The second-order valence-corrected chi connectivity index (χ2v) is 12.5. The zero-order valence-corrected chi connectivity index (χ0v) is 26.6. The molecule has 3 aromatic carbocycles. The van der Waals surface area contributed by atoms with Crippen molar-refractivity contribution in [1.82, 2.24) is 14.3 Å². The van der Waals surface area contributed by atoms with Crippen LogP contribution < -0.4 is 4.74 Å². The van der Waals surface area contributed by atoms with E-state index in [9.17, 15) is 9.18 Å². The molecule has 45 heavy (non-hydrogen) atoms. The minimum Gasteiger partial charge on any atom is -0.493 e. The molecule has 7 nitrogen and oxygen atoms in total. The van der Waals surface area contributed by atoms with Crippen molar-refractivity contribution in [2.45, 2.75) is 52.7 Å². The van der Waals surface area contributed by atoms with Gasteiger partial charge in [0, 0.05) is 41.2 Å². The highest BCUT2D eigenvalue weighted by molar-refractivity contribution is 6.35. The molecule has 9 heteroatoms. The first-order valence-corrected chi connectivity index (χ1v) is 16.2. The maximum Gasteiger partial charge on any atom is 0.355 e. The predicted octanol–water partition coefficient (Wildman–Crippen LogP) is 7.90. The summed E-state index contributed by atoms with van der Waals surface area (Å²) in [6.45, 7) is 6.43. The summed E-state index contributed by atoms with van der Waals surface area (Å²) in [4.78, 5) is 13.8. The van der Waals surface area contributed by atoms with Crippen LogP contribution in [0.25, 0.3) is 32.8 Å². The Kier molecular flexibility index (Phi) is 8.04. The zero-order chi connectivity index (χ0) is 31.2. The number of benzene rings is 3. The van der Waals surface area contributed by atoms with Gasteiger partial charge in [-0.3, -0.25) is 4.68 Å². The summed E-state index contributed by atoms with van der Waals surface area (Å²) in [7, 11) is 1.96. The molecule has 3 heterocycles. The summed E-state index contributed by atoms with van der Waals surface area (Å²) in [6, 6.07) is 14.3. The minimum absolute atomic E-state index is 0.275. The summed E-state index contributed by atoms with van der Waals surface area (Å²) < 4.78 is 36.0. The minimum atomic E-state index is -0.326. The molecule has 1 aliphatic carbocycles. The molecular formula is C36H37ClFN3O4. The lowest BCUT2D eigenvalue weighted by Gasteiger charge is -2.15.